The lowest BCUT2D eigenvalue weighted by Crippen LogP contribution is -2.46. The predicted molar refractivity (Wildman–Crippen MR) is 101 cm³/mol. The lowest BCUT2D eigenvalue weighted by Gasteiger charge is -2.38. The monoisotopic (exact) mass is 375 g/mol. The molecular weight excluding hydrogens is 353 g/mol. The molecule has 0 N–H and O–H groups in total. The molecule has 0 bridgehead atoms. The number of benzene rings is 2. The highest BCUT2D eigenvalue weighted by Gasteiger charge is 2.21. The first kappa shape index (κ1) is 18.9. The summed E-state index contributed by atoms with van der Waals surface area (Å²) in [6.07, 6.45) is 0. The topological polar surface area (TPSA) is 68.1 Å². The van der Waals surface area contributed by atoms with E-state index in [9.17, 15) is 14.5 Å². The molecule has 8 heteroatoms. The van der Waals surface area contributed by atoms with Gasteiger partial charge in [0.1, 0.15) is 0 Å². The van der Waals surface area contributed by atoms with Crippen LogP contribution in [0.1, 0.15) is 5.56 Å². The molecule has 1 aliphatic rings. The maximum absolute atomic E-state index is 14.0. The first-order valence-corrected chi connectivity index (χ1v) is 8.63. The molecule has 144 valence electrons. The zero-order valence-electron chi connectivity index (χ0n) is 15.4. The van der Waals surface area contributed by atoms with Crippen LogP contribution in [0.15, 0.2) is 36.4 Å². The van der Waals surface area contributed by atoms with E-state index in [4.69, 9.17) is 9.47 Å². The van der Waals surface area contributed by atoms with Gasteiger partial charge in [-0.2, -0.15) is 0 Å². The molecule has 0 saturated carbocycles. The largest absolute Gasteiger partial charge is 0.494 e. The van der Waals surface area contributed by atoms with Gasteiger partial charge in [0, 0.05) is 68.4 Å². The molecule has 1 heterocycles. The molecule has 0 aromatic heterocycles. The maximum Gasteiger partial charge on any atom is 0.269 e. The number of hydrogen-bond acceptors (Lipinski definition) is 6. The van der Waals surface area contributed by atoms with E-state index >= 15 is 0 Å². The van der Waals surface area contributed by atoms with Crippen molar-refractivity contribution >= 4 is 17.1 Å². The van der Waals surface area contributed by atoms with Crippen LogP contribution in [0, 0.1) is 15.9 Å². The van der Waals surface area contributed by atoms with Crippen LogP contribution in [-0.2, 0) is 11.3 Å². The Morgan fingerprint density at radius 3 is 2.37 bits per heavy atom. The number of nitrogens with zero attached hydrogens (tertiary/aromatic N) is 3. The van der Waals surface area contributed by atoms with E-state index in [0.29, 0.717) is 6.61 Å². The number of methoxy groups -OCH3 is 2. The van der Waals surface area contributed by atoms with Crippen LogP contribution < -0.4 is 14.5 Å². The lowest BCUT2D eigenvalue weighted by molar-refractivity contribution is -0.384. The van der Waals surface area contributed by atoms with Crippen molar-refractivity contribution in [3.63, 3.8) is 0 Å². The minimum Gasteiger partial charge on any atom is -0.494 e. The summed E-state index contributed by atoms with van der Waals surface area (Å²) in [5.41, 5.74) is 2.59. The third kappa shape index (κ3) is 4.11. The van der Waals surface area contributed by atoms with Gasteiger partial charge in [-0.1, -0.05) is 0 Å². The zero-order valence-corrected chi connectivity index (χ0v) is 15.4. The maximum atomic E-state index is 14.0. The van der Waals surface area contributed by atoms with Crippen molar-refractivity contribution in [1.82, 2.24) is 0 Å². The summed E-state index contributed by atoms with van der Waals surface area (Å²) in [5.74, 6) is -0.150. The van der Waals surface area contributed by atoms with E-state index in [1.165, 1.54) is 19.2 Å². The molecule has 1 saturated heterocycles. The molecule has 2 aromatic carbocycles. The molecular formula is C19H22FN3O4. The van der Waals surface area contributed by atoms with Crippen LogP contribution in [0.2, 0.25) is 0 Å². The van der Waals surface area contributed by atoms with Crippen molar-refractivity contribution in [2.45, 2.75) is 6.61 Å². The van der Waals surface area contributed by atoms with Crippen molar-refractivity contribution in [1.29, 1.82) is 0 Å². The lowest BCUT2D eigenvalue weighted by atomic mass is 10.1. The van der Waals surface area contributed by atoms with Crippen LogP contribution in [0.4, 0.5) is 21.5 Å². The normalized spacial score (nSPS) is 14.3. The highest BCUT2D eigenvalue weighted by Crippen LogP contribution is 2.29. The first-order chi connectivity index (χ1) is 13.0. The fraction of sp³-hybridized carbons (Fsp3) is 0.368. The van der Waals surface area contributed by atoms with Crippen LogP contribution in [0.5, 0.6) is 5.75 Å². The molecule has 0 unspecified atom stereocenters. The number of nitro groups is 1. The second-order valence-electron chi connectivity index (χ2n) is 6.30. The Morgan fingerprint density at radius 2 is 1.78 bits per heavy atom. The van der Waals surface area contributed by atoms with Gasteiger partial charge in [0.25, 0.3) is 5.69 Å². The summed E-state index contributed by atoms with van der Waals surface area (Å²) in [5, 5.41) is 11.0. The fourth-order valence-electron chi connectivity index (χ4n) is 3.32. The molecule has 27 heavy (non-hydrogen) atoms. The first-order valence-electron chi connectivity index (χ1n) is 8.63. The Morgan fingerprint density at radius 1 is 1.07 bits per heavy atom. The average Bonchev–Trinajstić information content (AvgIpc) is 2.68. The van der Waals surface area contributed by atoms with E-state index in [0.717, 1.165) is 43.1 Å². The fourth-order valence-corrected chi connectivity index (χ4v) is 3.32. The molecule has 0 aliphatic carbocycles. The summed E-state index contributed by atoms with van der Waals surface area (Å²) in [7, 11) is 3.01. The number of anilines is 2. The quantitative estimate of drug-likeness (QED) is 0.570. The number of piperazine rings is 1. The Kier molecular flexibility index (Phi) is 5.75. The number of hydrogen-bond donors (Lipinski definition) is 0. The number of rotatable bonds is 6. The van der Waals surface area contributed by atoms with Crippen LogP contribution in [0.3, 0.4) is 0 Å². The van der Waals surface area contributed by atoms with Gasteiger partial charge in [-0.3, -0.25) is 10.1 Å². The van der Waals surface area contributed by atoms with E-state index in [1.54, 1.807) is 25.3 Å². The van der Waals surface area contributed by atoms with Gasteiger partial charge < -0.3 is 19.3 Å². The molecule has 0 radical (unpaired) electrons. The van der Waals surface area contributed by atoms with Crippen molar-refractivity contribution in [3.8, 4) is 5.75 Å². The molecule has 3 rings (SSSR count). The highest BCUT2D eigenvalue weighted by molar-refractivity contribution is 5.59. The Bertz CT molecular complexity index is 823. The van der Waals surface area contributed by atoms with Crippen molar-refractivity contribution in [2.24, 2.45) is 0 Å². The van der Waals surface area contributed by atoms with Crippen LogP contribution in [-0.4, -0.2) is 45.3 Å². The van der Waals surface area contributed by atoms with Gasteiger partial charge in [0.2, 0.25) is 0 Å². The molecule has 1 fully saturated rings. The van der Waals surface area contributed by atoms with E-state index in [2.05, 4.69) is 9.80 Å². The molecule has 0 atom stereocenters. The second kappa shape index (κ2) is 8.22. The van der Waals surface area contributed by atoms with Gasteiger partial charge in [-0.05, 0) is 18.2 Å². The van der Waals surface area contributed by atoms with Crippen LogP contribution in [0.25, 0.3) is 0 Å². The molecule has 2 aromatic rings. The SMILES string of the molecule is COCc1cc([N+](=O)[O-])ccc1N1CCN(c2ccc(OC)c(F)c2)CC1. The summed E-state index contributed by atoms with van der Waals surface area (Å²) < 4.78 is 24.1. The van der Waals surface area contributed by atoms with Gasteiger partial charge in [0.15, 0.2) is 11.6 Å². The molecule has 7 nitrogen and oxygen atoms in total. The number of nitro benzene ring substituents is 1. The number of non-ortho nitro benzene ring substituents is 1. The van der Waals surface area contributed by atoms with Gasteiger partial charge in [-0.15, -0.1) is 0 Å². The smallest absolute Gasteiger partial charge is 0.269 e. The van der Waals surface area contributed by atoms with Crippen molar-refractivity contribution in [2.75, 3.05) is 50.2 Å². The molecule has 1 aliphatic heterocycles. The molecule has 0 spiro atoms. The third-order valence-electron chi connectivity index (χ3n) is 4.69. The minimum atomic E-state index is -0.404. The summed E-state index contributed by atoms with van der Waals surface area (Å²) in [6.45, 7) is 3.19. The van der Waals surface area contributed by atoms with Crippen molar-refractivity contribution < 1.29 is 18.8 Å². The summed E-state index contributed by atoms with van der Waals surface area (Å²) in [6, 6.07) is 9.81. The van der Waals surface area contributed by atoms with Gasteiger partial charge in [0.05, 0.1) is 18.6 Å². The number of ether oxygens (including phenoxy) is 2. The van der Waals surface area contributed by atoms with E-state index in [-0.39, 0.29) is 17.3 Å². The van der Waals surface area contributed by atoms with Crippen molar-refractivity contribution in [3.05, 3.63) is 57.9 Å². The summed E-state index contributed by atoms with van der Waals surface area (Å²) in [4.78, 5) is 14.9. The number of halogens is 1. The standard InChI is InChI=1S/C19H22FN3O4/c1-26-13-14-11-16(23(24)25)3-5-18(14)22-9-7-21(8-10-22)15-4-6-19(27-2)17(20)12-15/h3-6,11-12H,7-10,13H2,1-2H3. The summed E-state index contributed by atoms with van der Waals surface area (Å²) >= 11 is 0. The van der Waals surface area contributed by atoms with Gasteiger partial charge >= 0.3 is 0 Å². The second-order valence-corrected chi connectivity index (χ2v) is 6.30. The molecule has 0 amide bonds. The van der Waals surface area contributed by atoms with Gasteiger partial charge in [-0.25, -0.2) is 4.39 Å². The highest BCUT2D eigenvalue weighted by atomic mass is 19.1. The zero-order chi connectivity index (χ0) is 19.4. The minimum absolute atomic E-state index is 0.0538. The van der Waals surface area contributed by atoms with E-state index in [1.807, 2.05) is 6.07 Å². The average molecular weight is 375 g/mol. The Hall–Kier alpha value is -2.87. The Labute approximate surface area is 157 Å². The Balaban J connectivity index is 1.73. The predicted octanol–water partition coefficient (Wildman–Crippen LogP) is 3.22. The van der Waals surface area contributed by atoms with E-state index < -0.39 is 4.92 Å². The third-order valence-corrected chi connectivity index (χ3v) is 4.69. The van der Waals surface area contributed by atoms with Crippen LogP contribution >= 0.6 is 0 Å².